The maximum atomic E-state index is 12.6. The van der Waals surface area contributed by atoms with Crippen molar-refractivity contribution in [1.29, 1.82) is 0 Å². The van der Waals surface area contributed by atoms with Crippen molar-refractivity contribution in [3.8, 4) is 5.75 Å². The van der Waals surface area contributed by atoms with E-state index in [0.29, 0.717) is 39.3 Å². The monoisotopic (exact) mass is 377 g/mol. The van der Waals surface area contributed by atoms with Crippen molar-refractivity contribution in [1.82, 2.24) is 4.90 Å². The fraction of sp³-hybridized carbons (Fsp3) is 0.524. The maximum absolute atomic E-state index is 12.6. The average Bonchev–Trinajstić information content (AvgIpc) is 2.70. The van der Waals surface area contributed by atoms with Crippen LogP contribution in [0.15, 0.2) is 30.3 Å². The first-order chi connectivity index (χ1) is 13.1. The fourth-order valence-electron chi connectivity index (χ4n) is 2.39. The van der Waals surface area contributed by atoms with Crippen LogP contribution in [0.5, 0.6) is 5.75 Å². The normalized spacial score (nSPS) is 10.8. The number of nitrogens with zero attached hydrogens (tertiary/aromatic N) is 1. The van der Waals surface area contributed by atoms with E-state index in [4.69, 9.17) is 9.47 Å². The third-order valence-corrected chi connectivity index (χ3v) is 3.83. The van der Waals surface area contributed by atoms with Crippen LogP contribution in [-0.2, 0) is 19.1 Å². The summed E-state index contributed by atoms with van der Waals surface area (Å²) < 4.78 is 15.7. The summed E-state index contributed by atoms with van der Waals surface area (Å²) in [5.41, 5.74) is 0.849. The lowest BCUT2D eigenvalue weighted by Gasteiger charge is -2.20. The highest BCUT2D eigenvalue weighted by Gasteiger charge is 2.13. The minimum Gasteiger partial charge on any atom is -0.493 e. The highest BCUT2D eigenvalue weighted by atomic mass is 16.5. The van der Waals surface area contributed by atoms with Crippen molar-refractivity contribution < 1.29 is 23.8 Å². The molecule has 0 aromatic heterocycles. The second-order valence-electron chi connectivity index (χ2n) is 5.92. The van der Waals surface area contributed by atoms with Crippen molar-refractivity contribution in [2.24, 2.45) is 0 Å². The molecule has 0 saturated carbocycles. The SMILES string of the molecule is CCCOc1ccccc1/C=C/C(=O)N(CCCOCC)CCC(=O)OC. The van der Waals surface area contributed by atoms with E-state index in [1.54, 1.807) is 11.0 Å². The maximum Gasteiger partial charge on any atom is 0.307 e. The number of carbonyl (C=O) groups is 2. The van der Waals surface area contributed by atoms with E-state index in [-0.39, 0.29) is 18.3 Å². The van der Waals surface area contributed by atoms with Crippen LogP contribution < -0.4 is 4.74 Å². The molecule has 1 aromatic carbocycles. The standard InChI is InChI=1S/C21H31NO5/c1-4-16-27-19-10-7-6-9-18(19)11-12-20(23)22(14-8-17-26-5-2)15-13-21(24)25-3/h6-7,9-12H,4-5,8,13-17H2,1-3H3/b12-11+. The van der Waals surface area contributed by atoms with Gasteiger partial charge in [0.1, 0.15) is 5.75 Å². The Morgan fingerprint density at radius 3 is 2.59 bits per heavy atom. The minimum atomic E-state index is -0.333. The largest absolute Gasteiger partial charge is 0.493 e. The van der Waals surface area contributed by atoms with Gasteiger partial charge in [0, 0.05) is 37.9 Å². The molecule has 0 fully saturated rings. The molecule has 0 saturated heterocycles. The van der Waals surface area contributed by atoms with Gasteiger partial charge in [0.05, 0.1) is 20.1 Å². The number of methoxy groups -OCH3 is 1. The second kappa shape index (κ2) is 13.8. The average molecular weight is 377 g/mol. The number of para-hydroxylation sites is 1. The molecule has 0 N–H and O–H groups in total. The van der Waals surface area contributed by atoms with Gasteiger partial charge in [0.2, 0.25) is 5.91 Å². The second-order valence-corrected chi connectivity index (χ2v) is 5.92. The predicted molar refractivity (Wildman–Crippen MR) is 106 cm³/mol. The predicted octanol–water partition coefficient (Wildman–Crippen LogP) is 3.31. The summed E-state index contributed by atoms with van der Waals surface area (Å²) >= 11 is 0. The van der Waals surface area contributed by atoms with Crippen molar-refractivity contribution in [3.63, 3.8) is 0 Å². The van der Waals surface area contributed by atoms with Crippen LogP contribution in [0.1, 0.15) is 38.7 Å². The van der Waals surface area contributed by atoms with Gasteiger partial charge in [0.25, 0.3) is 0 Å². The Morgan fingerprint density at radius 2 is 1.89 bits per heavy atom. The number of hydrogen-bond acceptors (Lipinski definition) is 5. The lowest BCUT2D eigenvalue weighted by atomic mass is 10.2. The van der Waals surface area contributed by atoms with E-state index >= 15 is 0 Å². The highest BCUT2D eigenvalue weighted by Crippen LogP contribution is 2.19. The topological polar surface area (TPSA) is 65.1 Å². The van der Waals surface area contributed by atoms with Crippen LogP contribution in [0.4, 0.5) is 0 Å². The van der Waals surface area contributed by atoms with Gasteiger partial charge in [-0.15, -0.1) is 0 Å². The summed E-state index contributed by atoms with van der Waals surface area (Å²) in [6.07, 6.45) is 5.07. The molecule has 27 heavy (non-hydrogen) atoms. The Labute approximate surface area is 162 Å². The van der Waals surface area contributed by atoms with Gasteiger partial charge in [-0.25, -0.2) is 0 Å². The van der Waals surface area contributed by atoms with Crippen molar-refractivity contribution in [2.75, 3.05) is 40.0 Å². The smallest absolute Gasteiger partial charge is 0.307 e. The van der Waals surface area contributed by atoms with Gasteiger partial charge in [-0.05, 0) is 31.9 Å². The zero-order valence-corrected chi connectivity index (χ0v) is 16.6. The molecule has 150 valence electrons. The molecule has 0 spiro atoms. The molecule has 0 radical (unpaired) electrons. The van der Waals surface area contributed by atoms with Crippen LogP contribution in [-0.4, -0.2) is 56.8 Å². The molecule has 6 heteroatoms. The molecule has 0 aliphatic carbocycles. The summed E-state index contributed by atoms with van der Waals surface area (Å²) in [6, 6.07) is 7.60. The van der Waals surface area contributed by atoms with Crippen LogP contribution in [0, 0.1) is 0 Å². The van der Waals surface area contributed by atoms with E-state index < -0.39 is 0 Å². The molecule has 1 rings (SSSR count). The molecular formula is C21H31NO5. The van der Waals surface area contributed by atoms with E-state index in [1.165, 1.54) is 13.2 Å². The summed E-state index contributed by atoms with van der Waals surface area (Å²) in [4.78, 5) is 25.7. The van der Waals surface area contributed by atoms with Gasteiger partial charge in [-0.2, -0.15) is 0 Å². The Hall–Kier alpha value is -2.34. The van der Waals surface area contributed by atoms with E-state index in [1.807, 2.05) is 38.1 Å². The first-order valence-electron chi connectivity index (χ1n) is 9.45. The van der Waals surface area contributed by atoms with Crippen LogP contribution >= 0.6 is 0 Å². The van der Waals surface area contributed by atoms with Gasteiger partial charge >= 0.3 is 5.97 Å². The summed E-state index contributed by atoms with van der Waals surface area (Å²) in [7, 11) is 1.34. The number of carbonyl (C=O) groups excluding carboxylic acids is 2. The van der Waals surface area contributed by atoms with Gasteiger partial charge in [0.15, 0.2) is 0 Å². The number of hydrogen-bond donors (Lipinski definition) is 0. The number of esters is 1. The lowest BCUT2D eigenvalue weighted by molar-refractivity contribution is -0.141. The number of benzene rings is 1. The molecule has 0 heterocycles. The first kappa shape index (κ1) is 22.7. The molecule has 0 bridgehead atoms. The Balaban J connectivity index is 2.75. The number of amides is 1. The fourth-order valence-corrected chi connectivity index (χ4v) is 2.39. The lowest BCUT2D eigenvalue weighted by Crippen LogP contribution is -2.33. The van der Waals surface area contributed by atoms with Crippen molar-refractivity contribution in [3.05, 3.63) is 35.9 Å². The molecule has 1 amide bonds. The van der Waals surface area contributed by atoms with Crippen molar-refractivity contribution in [2.45, 2.75) is 33.1 Å². The first-order valence-corrected chi connectivity index (χ1v) is 9.45. The van der Waals surface area contributed by atoms with Gasteiger partial charge < -0.3 is 19.1 Å². The number of ether oxygens (including phenoxy) is 3. The van der Waals surface area contributed by atoms with E-state index in [2.05, 4.69) is 4.74 Å². The summed E-state index contributed by atoms with van der Waals surface area (Å²) in [5, 5.41) is 0. The van der Waals surface area contributed by atoms with Gasteiger partial charge in [-0.3, -0.25) is 9.59 Å². The highest BCUT2D eigenvalue weighted by molar-refractivity contribution is 5.92. The zero-order valence-electron chi connectivity index (χ0n) is 16.6. The van der Waals surface area contributed by atoms with E-state index in [9.17, 15) is 9.59 Å². The molecule has 0 unspecified atom stereocenters. The third-order valence-electron chi connectivity index (χ3n) is 3.83. The molecule has 1 aromatic rings. The van der Waals surface area contributed by atoms with Crippen LogP contribution in [0.2, 0.25) is 0 Å². The molecule has 0 aliphatic rings. The van der Waals surface area contributed by atoms with E-state index in [0.717, 1.165) is 17.7 Å². The van der Waals surface area contributed by atoms with Crippen molar-refractivity contribution >= 4 is 18.0 Å². The summed E-state index contributed by atoms with van der Waals surface area (Å²) in [5.74, 6) is 0.265. The molecule has 0 atom stereocenters. The Kier molecular flexibility index (Phi) is 11.6. The third kappa shape index (κ3) is 9.24. The van der Waals surface area contributed by atoms with Crippen LogP contribution in [0.25, 0.3) is 6.08 Å². The molecular weight excluding hydrogens is 346 g/mol. The number of rotatable bonds is 13. The minimum absolute atomic E-state index is 0.152. The summed E-state index contributed by atoms with van der Waals surface area (Å²) in [6.45, 7) is 6.66. The molecule has 6 nitrogen and oxygen atoms in total. The van der Waals surface area contributed by atoms with Crippen LogP contribution in [0.3, 0.4) is 0 Å². The Bertz CT molecular complexity index is 600. The molecule has 0 aliphatic heterocycles. The zero-order chi connectivity index (χ0) is 19.9. The Morgan fingerprint density at radius 1 is 1.11 bits per heavy atom. The van der Waals surface area contributed by atoms with Gasteiger partial charge in [-0.1, -0.05) is 25.1 Å². The quantitative estimate of drug-likeness (QED) is 0.300.